The average molecular weight is 370 g/mol. The monoisotopic (exact) mass is 369 g/mol. The van der Waals surface area contributed by atoms with Crippen molar-refractivity contribution in [2.45, 2.75) is 76.5 Å². The Kier molecular flexibility index (Phi) is 8.94. The number of hydrogen-bond donors (Lipinski definition) is 0. The molecule has 1 nitrogen and oxygen atoms in total. The van der Waals surface area contributed by atoms with E-state index >= 15 is 0 Å². The molecule has 1 aliphatic heterocycles. The molecule has 1 saturated carbocycles. The van der Waals surface area contributed by atoms with E-state index in [9.17, 15) is 0 Å². The Morgan fingerprint density at radius 2 is 1.58 bits per heavy atom. The highest BCUT2D eigenvalue weighted by Gasteiger charge is 2.18. The highest BCUT2D eigenvalue weighted by atomic mass is 35.5. The second kappa shape index (κ2) is 10.7. The average Bonchev–Trinajstić information content (AvgIpc) is 2.85. The van der Waals surface area contributed by atoms with Gasteiger partial charge in [-0.15, -0.1) is 12.4 Å². The summed E-state index contributed by atoms with van der Waals surface area (Å²) in [5, 5.41) is 1.02. The maximum Gasteiger partial charge on any atom is 0.0443 e. The number of likely N-dealkylation sites (tertiary alicyclic amines) is 1. The summed E-state index contributed by atoms with van der Waals surface area (Å²) in [5.74, 6) is 0.711. The van der Waals surface area contributed by atoms with E-state index in [4.69, 9.17) is 11.6 Å². The summed E-state index contributed by atoms with van der Waals surface area (Å²) >= 11 is 6.60. The predicted molar refractivity (Wildman–Crippen MR) is 108 cm³/mol. The van der Waals surface area contributed by atoms with Gasteiger partial charge in [0.15, 0.2) is 0 Å². The van der Waals surface area contributed by atoms with Crippen LogP contribution < -0.4 is 0 Å². The quantitative estimate of drug-likeness (QED) is 0.563. The summed E-state index contributed by atoms with van der Waals surface area (Å²) in [4.78, 5) is 2.66. The van der Waals surface area contributed by atoms with E-state index in [1.54, 1.807) is 0 Å². The van der Waals surface area contributed by atoms with Gasteiger partial charge in [-0.3, -0.25) is 0 Å². The Hall–Kier alpha value is -0.240. The van der Waals surface area contributed by atoms with Crippen LogP contribution in [0.15, 0.2) is 18.2 Å². The summed E-state index contributed by atoms with van der Waals surface area (Å²) in [6.45, 7) is 3.87. The van der Waals surface area contributed by atoms with Gasteiger partial charge in [-0.1, -0.05) is 55.8 Å². The summed E-state index contributed by atoms with van der Waals surface area (Å²) in [6.07, 6.45) is 14.9. The third-order valence-electron chi connectivity index (χ3n) is 5.75. The van der Waals surface area contributed by atoms with Crippen molar-refractivity contribution in [1.29, 1.82) is 0 Å². The van der Waals surface area contributed by atoms with Crippen LogP contribution in [0, 0.1) is 0 Å². The van der Waals surface area contributed by atoms with E-state index in [1.807, 2.05) is 0 Å². The number of nitrogens with zero attached hydrogens (tertiary/aromatic N) is 1. The van der Waals surface area contributed by atoms with Crippen molar-refractivity contribution in [3.05, 3.63) is 34.3 Å². The van der Waals surface area contributed by atoms with Gasteiger partial charge >= 0.3 is 0 Å². The fraction of sp³-hybridized carbons (Fsp3) is 0.714. The third kappa shape index (κ3) is 5.93. The third-order valence-corrected chi connectivity index (χ3v) is 6.08. The second-order valence-corrected chi connectivity index (χ2v) is 7.96. The molecule has 0 spiro atoms. The summed E-state index contributed by atoms with van der Waals surface area (Å²) in [5.41, 5.74) is 2.83. The predicted octanol–water partition coefficient (Wildman–Crippen LogP) is 6.62. The van der Waals surface area contributed by atoms with Gasteiger partial charge in [0.2, 0.25) is 0 Å². The van der Waals surface area contributed by atoms with Gasteiger partial charge in [0.05, 0.1) is 0 Å². The van der Waals surface area contributed by atoms with E-state index in [1.165, 1.54) is 101 Å². The van der Waals surface area contributed by atoms with Gasteiger partial charge in [-0.05, 0) is 81.3 Å². The Morgan fingerprint density at radius 3 is 2.25 bits per heavy atom. The summed E-state index contributed by atoms with van der Waals surface area (Å²) in [7, 11) is 0. The number of aryl methyl sites for hydroxylation is 1. The highest BCUT2D eigenvalue weighted by molar-refractivity contribution is 6.31. The first-order valence-electron chi connectivity index (χ1n) is 9.83. The van der Waals surface area contributed by atoms with Crippen LogP contribution >= 0.6 is 24.0 Å². The fourth-order valence-electron chi connectivity index (χ4n) is 4.34. The molecule has 1 heterocycles. The minimum Gasteiger partial charge on any atom is -0.303 e. The molecule has 1 aromatic rings. The molecule has 0 amide bonds. The van der Waals surface area contributed by atoms with Crippen molar-refractivity contribution in [2.75, 3.05) is 19.6 Å². The lowest BCUT2D eigenvalue weighted by molar-refractivity contribution is 0.281. The molecule has 0 atom stereocenters. The Labute approximate surface area is 159 Å². The number of halogens is 2. The summed E-state index contributed by atoms with van der Waals surface area (Å²) < 4.78 is 0. The summed E-state index contributed by atoms with van der Waals surface area (Å²) in [6, 6.07) is 6.89. The van der Waals surface area contributed by atoms with Crippen molar-refractivity contribution in [1.82, 2.24) is 4.90 Å². The molecular formula is C21H33Cl2N. The lowest BCUT2D eigenvalue weighted by Gasteiger charge is -2.23. The Morgan fingerprint density at radius 1 is 0.917 bits per heavy atom. The topological polar surface area (TPSA) is 3.24 Å². The first-order valence-corrected chi connectivity index (χ1v) is 10.2. The number of rotatable bonds is 5. The zero-order valence-corrected chi connectivity index (χ0v) is 16.5. The molecule has 24 heavy (non-hydrogen) atoms. The maximum absolute atomic E-state index is 6.60. The van der Waals surface area contributed by atoms with Gasteiger partial charge in [0.25, 0.3) is 0 Å². The molecule has 1 aliphatic carbocycles. The molecule has 0 radical (unpaired) electrons. The van der Waals surface area contributed by atoms with Gasteiger partial charge in [-0.2, -0.15) is 0 Å². The second-order valence-electron chi connectivity index (χ2n) is 7.55. The maximum atomic E-state index is 6.60. The Balaban J connectivity index is 0.00000208. The number of benzene rings is 1. The van der Waals surface area contributed by atoms with Crippen LogP contribution in [-0.2, 0) is 6.42 Å². The highest BCUT2D eigenvalue weighted by Crippen LogP contribution is 2.36. The fourth-order valence-corrected chi connectivity index (χ4v) is 4.69. The van der Waals surface area contributed by atoms with Crippen molar-refractivity contribution in [2.24, 2.45) is 0 Å². The van der Waals surface area contributed by atoms with Gasteiger partial charge in [0.1, 0.15) is 0 Å². The van der Waals surface area contributed by atoms with Crippen molar-refractivity contribution in [3.8, 4) is 0 Å². The van der Waals surface area contributed by atoms with E-state index in [-0.39, 0.29) is 12.4 Å². The molecule has 2 aliphatic rings. The lowest BCUT2D eigenvalue weighted by Crippen LogP contribution is -2.26. The van der Waals surface area contributed by atoms with Gasteiger partial charge in [-0.25, -0.2) is 0 Å². The van der Waals surface area contributed by atoms with E-state index < -0.39 is 0 Å². The SMILES string of the molecule is Cl.Clc1cc(CCCN2CCCCCC2)ccc1C1CCCCC1. The minimum absolute atomic E-state index is 0. The lowest BCUT2D eigenvalue weighted by atomic mass is 9.84. The molecular weight excluding hydrogens is 337 g/mol. The van der Waals surface area contributed by atoms with E-state index in [0.717, 1.165) is 5.02 Å². The molecule has 0 aromatic heterocycles. The van der Waals surface area contributed by atoms with Crippen LogP contribution in [0.1, 0.15) is 81.3 Å². The van der Waals surface area contributed by atoms with Crippen LogP contribution in [0.25, 0.3) is 0 Å². The minimum atomic E-state index is 0. The van der Waals surface area contributed by atoms with Crippen LogP contribution in [0.3, 0.4) is 0 Å². The van der Waals surface area contributed by atoms with Crippen LogP contribution in [-0.4, -0.2) is 24.5 Å². The first-order chi connectivity index (χ1) is 11.3. The molecule has 1 saturated heterocycles. The van der Waals surface area contributed by atoms with Crippen LogP contribution in [0.5, 0.6) is 0 Å². The van der Waals surface area contributed by atoms with E-state index in [0.29, 0.717) is 5.92 Å². The molecule has 136 valence electrons. The zero-order chi connectivity index (χ0) is 15.9. The molecule has 2 fully saturated rings. The molecule has 3 rings (SSSR count). The number of hydrogen-bond acceptors (Lipinski definition) is 1. The molecule has 3 heteroatoms. The van der Waals surface area contributed by atoms with Gasteiger partial charge in [0, 0.05) is 5.02 Å². The first kappa shape index (κ1) is 20.1. The van der Waals surface area contributed by atoms with E-state index in [2.05, 4.69) is 23.1 Å². The Bertz CT molecular complexity index is 475. The normalized spacial score (nSPS) is 20.4. The van der Waals surface area contributed by atoms with Crippen molar-refractivity contribution in [3.63, 3.8) is 0 Å². The van der Waals surface area contributed by atoms with Crippen molar-refractivity contribution < 1.29 is 0 Å². The molecule has 1 aromatic carbocycles. The van der Waals surface area contributed by atoms with Gasteiger partial charge < -0.3 is 4.90 Å². The van der Waals surface area contributed by atoms with Crippen LogP contribution in [0.2, 0.25) is 5.02 Å². The largest absolute Gasteiger partial charge is 0.303 e. The molecule has 0 unspecified atom stereocenters. The molecule has 0 bridgehead atoms. The standard InChI is InChI=1S/C21H32ClN.ClH/c22-21-17-18(9-8-16-23-14-6-1-2-7-15-23)12-13-20(21)19-10-4-3-5-11-19;/h12-13,17,19H,1-11,14-16H2;1H. The zero-order valence-electron chi connectivity index (χ0n) is 14.9. The van der Waals surface area contributed by atoms with Crippen LogP contribution in [0.4, 0.5) is 0 Å². The van der Waals surface area contributed by atoms with Crippen molar-refractivity contribution >= 4 is 24.0 Å². The smallest absolute Gasteiger partial charge is 0.0443 e. The molecule has 0 N–H and O–H groups in total.